The topological polar surface area (TPSA) is 54.0 Å². The summed E-state index contributed by atoms with van der Waals surface area (Å²) in [6, 6.07) is 7.79. The molecule has 0 atom stereocenters. The largest absolute Gasteiger partial charge is 0.416 e. The van der Waals surface area contributed by atoms with Crippen LogP contribution in [0, 0.1) is 0 Å². The Kier molecular flexibility index (Phi) is 4.45. The van der Waals surface area contributed by atoms with Crippen LogP contribution in [0.3, 0.4) is 0 Å². The lowest BCUT2D eigenvalue weighted by molar-refractivity contribution is -0.137. The van der Waals surface area contributed by atoms with Crippen molar-refractivity contribution in [2.75, 3.05) is 0 Å². The van der Waals surface area contributed by atoms with Crippen LogP contribution < -0.4 is 10.9 Å². The third-order valence-corrected chi connectivity index (χ3v) is 2.79. The van der Waals surface area contributed by atoms with E-state index in [1.807, 2.05) is 0 Å². The normalized spacial score (nSPS) is 10.9. The second kappa shape index (κ2) is 6.30. The fraction of sp³-hybridized carbons (Fsp3) is 0.0667. The molecule has 1 aromatic heterocycles. The molecule has 1 amide bonds. The fourth-order valence-corrected chi connectivity index (χ4v) is 1.66. The molecule has 1 aromatic carbocycles. The van der Waals surface area contributed by atoms with Crippen molar-refractivity contribution in [3.8, 4) is 0 Å². The molecule has 2 aromatic rings. The van der Waals surface area contributed by atoms with Gasteiger partial charge in [-0.05, 0) is 29.8 Å². The standard InChI is InChI=1S/C15H12F3N3O/c1-10(11-4-2-6-13(8-11)15(16,17)18)20-21-14(22)12-5-3-7-19-9-12/h2-9,20H,1H2,(H,21,22). The molecule has 0 radical (unpaired) electrons. The Balaban J connectivity index is 2.03. The van der Waals surface area contributed by atoms with Gasteiger partial charge in [0.25, 0.3) is 5.91 Å². The van der Waals surface area contributed by atoms with Gasteiger partial charge in [0.1, 0.15) is 0 Å². The molecule has 0 aliphatic rings. The monoisotopic (exact) mass is 307 g/mol. The highest BCUT2D eigenvalue weighted by molar-refractivity contribution is 5.94. The first kappa shape index (κ1) is 15.6. The van der Waals surface area contributed by atoms with Crippen LogP contribution in [0.5, 0.6) is 0 Å². The first-order valence-electron chi connectivity index (χ1n) is 6.21. The summed E-state index contributed by atoms with van der Waals surface area (Å²) in [6.07, 6.45) is -1.55. The third-order valence-electron chi connectivity index (χ3n) is 2.79. The maximum absolute atomic E-state index is 12.6. The molecule has 2 N–H and O–H groups in total. The quantitative estimate of drug-likeness (QED) is 0.854. The van der Waals surface area contributed by atoms with E-state index >= 15 is 0 Å². The fourth-order valence-electron chi connectivity index (χ4n) is 1.66. The number of amides is 1. The molecule has 0 unspecified atom stereocenters. The molecular formula is C15H12F3N3O. The van der Waals surface area contributed by atoms with Crippen LogP contribution in [0.4, 0.5) is 13.2 Å². The summed E-state index contributed by atoms with van der Waals surface area (Å²) >= 11 is 0. The van der Waals surface area contributed by atoms with Crippen molar-refractivity contribution in [2.45, 2.75) is 6.18 Å². The number of halogens is 3. The van der Waals surface area contributed by atoms with Gasteiger partial charge >= 0.3 is 6.18 Å². The van der Waals surface area contributed by atoms with Crippen LogP contribution in [-0.2, 0) is 6.18 Å². The van der Waals surface area contributed by atoms with E-state index in [9.17, 15) is 18.0 Å². The molecule has 1 heterocycles. The van der Waals surface area contributed by atoms with Gasteiger partial charge < -0.3 is 0 Å². The first-order chi connectivity index (χ1) is 10.4. The minimum atomic E-state index is -4.44. The number of hydrazine groups is 1. The van der Waals surface area contributed by atoms with Gasteiger partial charge in [-0.25, -0.2) is 0 Å². The number of nitrogens with zero attached hydrogens (tertiary/aromatic N) is 1. The van der Waals surface area contributed by atoms with Gasteiger partial charge in [-0.2, -0.15) is 13.2 Å². The maximum atomic E-state index is 12.6. The zero-order valence-corrected chi connectivity index (χ0v) is 11.3. The molecule has 7 heteroatoms. The van der Waals surface area contributed by atoms with E-state index in [2.05, 4.69) is 22.4 Å². The molecule has 0 spiro atoms. The molecule has 0 aliphatic carbocycles. The number of hydrogen-bond donors (Lipinski definition) is 2. The van der Waals surface area contributed by atoms with Gasteiger partial charge in [0.15, 0.2) is 0 Å². The highest BCUT2D eigenvalue weighted by Gasteiger charge is 2.30. The Hall–Kier alpha value is -2.83. The molecule has 0 aliphatic heterocycles. The van der Waals surface area contributed by atoms with Crippen molar-refractivity contribution in [1.82, 2.24) is 15.8 Å². The summed E-state index contributed by atoms with van der Waals surface area (Å²) in [5.41, 5.74) is 4.72. The zero-order chi connectivity index (χ0) is 16.2. The van der Waals surface area contributed by atoms with Crippen LogP contribution in [0.2, 0.25) is 0 Å². The highest BCUT2D eigenvalue weighted by Crippen LogP contribution is 2.30. The average Bonchev–Trinajstić information content (AvgIpc) is 2.52. The molecule has 114 valence electrons. The molecule has 0 bridgehead atoms. The number of carbonyl (C=O) groups is 1. The number of benzene rings is 1. The van der Waals surface area contributed by atoms with Gasteiger partial charge in [-0.15, -0.1) is 0 Å². The molecule has 22 heavy (non-hydrogen) atoms. The number of nitrogens with one attached hydrogen (secondary N) is 2. The number of hydrogen-bond acceptors (Lipinski definition) is 3. The molecule has 4 nitrogen and oxygen atoms in total. The number of rotatable bonds is 4. The van der Waals surface area contributed by atoms with Gasteiger partial charge in [0.05, 0.1) is 16.8 Å². The second-order valence-corrected chi connectivity index (χ2v) is 4.38. The maximum Gasteiger partial charge on any atom is 0.416 e. The van der Waals surface area contributed by atoms with Crippen molar-refractivity contribution in [3.05, 3.63) is 72.1 Å². The van der Waals surface area contributed by atoms with Crippen LogP contribution in [0.15, 0.2) is 55.4 Å². The smallest absolute Gasteiger partial charge is 0.298 e. The Labute approximate surface area is 124 Å². The lowest BCUT2D eigenvalue weighted by atomic mass is 10.1. The molecule has 0 fully saturated rings. The van der Waals surface area contributed by atoms with Crippen LogP contribution in [-0.4, -0.2) is 10.9 Å². The summed E-state index contributed by atoms with van der Waals surface area (Å²) in [7, 11) is 0. The highest BCUT2D eigenvalue weighted by atomic mass is 19.4. The van der Waals surface area contributed by atoms with Gasteiger partial charge in [0.2, 0.25) is 0 Å². The Bertz CT molecular complexity index is 684. The number of carbonyl (C=O) groups excluding carboxylic acids is 1. The van der Waals surface area contributed by atoms with Crippen molar-refractivity contribution in [2.24, 2.45) is 0 Å². The number of pyridine rings is 1. The van der Waals surface area contributed by atoms with Crippen molar-refractivity contribution in [1.29, 1.82) is 0 Å². The summed E-state index contributed by atoms with van der Waals surface area (Å²) in [6.45, 7) is 3.60. The average molecular weight is 307 g/mol. The summed E-state index contributed by atoms with van der Waals surface area (Å²) in [4.78, 5) is 15.6. The van der Waals surface area contributed by atoms with Gasteiger partial charge in [-0.3, -0.25) is 20.6 Å². The van der Waals surface area contributed by atoms with E-state index in [0.29, 0.717) is 5.56 Å². The van der Waals surface area contributed by atoms with E-state index in [-0.39, 0.29) is 11.3 Å². The lowest BCUT2D eigenvalue weighted by Gasteiger charge is -2.13. The predicted octanol–water partition coefficient (Wildman–Crippen LogP) is 3.01. The van der Waals surface area contributed by atoms with E-state index in [1.165, 1.54) is 24.5 Å². The number of aromatic nitrogens is 1. The van der Waals surface area contributed by atoms with E-state index in [0.717, 1.165) is 12.1 Å². The van der Waals surface area contributed by atoms with E-state index in [1.54, 1.807) is 12.1 Å². The molecule has 2 rings (SSSR count). The summed E-state index contributed by atoms with van der Waals surface area (Å²) < 4.78 is 37.9. The zero-order valence-electron chi connectivity index (χ0n) is 11.3. The first-order valence-corrected chi connectivity index (χ1v) is 6.21. The Morgan fingerprint density at radius 1 is 1.09 bits per heavy atom. The minimum absolute atomic E-state index is 0.142. The Morgan fingerprint density at radius 2 is 1.82 bits per heavy atom. The number of alkyl halides is 3. The predicted molar refractivity (Wildman–Crippen MR) is 75.3 cm³/mol. The lowest BCUT2D eigenvalue weighted by Crippen LogP contribution is -2.35. The minimum Gasteiger partial charge on any atom is -0.298 e. The van der Waals surface area contributed by atoms with Crippen LogP contribution in [0.1, 0.15) is 21.5 Å². The van der Waals surface area contributed by atoms with E-state index in [4.69, 9.17) is 0 Å². The van der Waals surface area contributed by atoms with Crippen molar-refractivity contribution < 1.29 is 18.0 Å². The van der Waals surface area contributed by atoms with Crippen molar-refractivity contribution >= 4 is 11.6 Å². The SMILES string of the molecule is C=C(NNC(=O)c1cccnc1)c1cccc(C(F)(F)F)c1. The molecule has 0 saturated heterocycles. The second-order valence-electron chi connectivity index (χ2n) is 4.38. The van der Waals surface area contributed by atoms with E-state index < -0.39 is 17.6 Å². The van der Waals surface area contributed by atoms with Gasteiger partial charge in [-0.1, -0.05) is 18.7 Å². The van der Waals surface area contributed by atoms with Crippen LogP contribution in [0.25, 0.3) is 5.70 Å². The molecule has 0 saturated carbocycles. The third kappa shape index (κ3) is 3.85. The van der Waals surface area contributed by atoms with Crippen molar-refractivity contribution in [3.63, 3.8) is 0 Å². The summed E-state index contributed by atoms with van der Waals surface area (Å²) in [5, 5.41) is 0. The van der Waals surface area contributed by atoms with Crippen LogP contribution >= 0.6 is 0 Å². The summed E-state index contributed by atoms with van der Waals surface area (Å²) in [5.74, 6) is -0.471. The van der Waals surface area contributed by atoms with Gasteiger partial charge in [0, 0.05) is 12.4 Å². The molecular weight excluding hydrogens is 295 g/mol. The Morgan fingerprint density at radius 3 is 2.45 bits per heavy atom.